The Kier molecular flexibility index (Phi) is 7.97. The smallest absolute Gasteiger partial charge is 0.264 e. The van der Waals surface area contributed by atoms with Gasteiger partial charge in [-0.25, -0.2) is 13.8 Å². The van der Waals surface area contributed by atoms with Gasteiger partial charge in [0.2, 0.25) is 0 Å². The highest BCUT2D eigenvalue weighted by molar-refractivity contribution is 7.92. The molecule has 8 nitrogen and oxygen atoms in total. The summed E-state index contributed by atoms with van der Waals surface area (Å²) < 4.78 is 29.5. The predicted octanol–water partition coefficient (Wildman–Crippen LogP) is 5.14. The molecular weight excluding hydrogens is 533 g/mol. The average molecular weight is 556 g/mol. The first-order chi connectivity index (χ1) is 17.7. The molecule has 0 saturated carbocycles. The SMILES string of the molecule is Cc1cc(/C=N/NC(=O)CN(c2cccnc2)S(=O)(=O)c2ccccc2)c(C)n1-c1cccc(Cl)c1Cl. The van der Waals surface area contributed by atoms with Crippen LogP contribution in [-0.2, 0) is 14.8 Å². The molecule has 0 fully saturated rings. The summed E-state index contributed by atoms with van der Waals surface area (Å²) in [6.45, 7) is 3.32. The van der Waals surface area contributed by atoms with Crippen LogP contribution in [0.3, 0.4) is 0 Å². The number of rotatable bonds is 8. The second-order valence-electron chi connectivity index (χ2n) is 8.06. The number of sulfonamides is 1. The lowest BCUT2D eigenvalue weighted by Gasteiger charge is -2.23. The van der Waals surface area contributed by atoms with Crippen molar-refractivity contribution < 1.29 is 13.2 Å². The number of aromatic nitrogens is 2. The molecule has 0 atom stereocenters. The molecule has 0 aliphatic rings. The van der Waals surface area contributed by atoms with Crippen LogP contribution < -0.4 is 9.73 Å². The second kappa shape index (κ2) is 11.2. The van der Waals surface area contributed by atoms with Crippen LogP contribution in [0, 0.1) is 13.8 Å². The van der Waals surface area contributed by atoms with Crippen molar-refractivity contribution in [3.05, 3.63) is 106 Å². The minimum atomic E-state index is -4.02. The van der Waals surface area contributed by atoms with E-state index in [2.05, 4.69) is 15.5 Å². The van der Waals surface area contributed by atoms with Crippen molar-refractivity contribution in [2.75, 3.05) is 10.8 Å². The Hall–Kier alpha value is -3.66. The lowest BCUT2D eigenvalue weighted by Crippen LogP contribution is -2.39. The fraction of sp³-hybridized carbons (Fsp3) is 0.115. The Bertz CT molecular complexity index is 1560. The number of anilines is 1. The van der Waals surface area contributed by atoms with Crippen LogP contribution in [0.5, 0.6) is 0 Å². The molecule has 0 bridgehead atoms. The standard InChI is InChI=1S/C26H23Cl2N5O3S/c1-18-14-20(19(2)33(18)24-12-6-11-23(27)26(24)28)15-30-31-25(34)17-32(21-8-7-13-29-16-21)37(35,36)22-9-4-3-5-10-22/h3-16H,17H2,1-2H3,(H,31,34)/b30-15+. The van der Waals surface area contributed by atoms with Crippen LogP contribution in [0.25, 0.3) is 5.69 Å². The molecule has 4 aromatic rings. The fourth-order valence-corrected chi connectivity index (χ4v) is 5.64. The van der Waals surface area contributed by atoms with Crippen molar-refractivity contribution >= 4 is 51.0 Å². The summed E-state index contributed by atoms with van der Waals surface area (Å²) in [5.41, 5.74) is 5.88. The summed E-state index contributed by atoms with van der Waals surface area (Å²) in [6, 6.07) is 18.3. The highest BCUT2D eigenvalue weighted by atomic mass is 35.5. The first-order valence-electron chi connectivity index (χ1n) is 11.1. The lowest BCUT2D eigenvalue weighted by atomic mass is 10.2. The molecule has 190 valence electrons. The third-order valence-electron chi connectivity index (χ3n) is 5.59. The van der Waals surface area contributed by atoms with Gasteiger partial charge in [-0.1, -0.05) is 47.5 Å². The van der Waals surface area contributed by atoms with E-state index >= 15 is 0 Å². The van der Waals surface area contributed by atoms with Gasteiger partial charge in [0, 0.05) is 23.1 Å². The van der Waals surface area contributed by atoms with Crippen LogP contribution in [0.4, 0.5) is 5.69 Å². The van der Waals surface area contributed by atoms with Crippen LogP contribution >= 0.6 is 23.2 Å². The topological polar surface area (TPSA) is 96.7 Å². The van der Waals surface area contributed by atoms with Gasteiger partial charge in [-0.2, -0.15) is 5.10 Å². The Morgan fingerprint density at radius 3 is 2.54 bits per heavy atom. The van der Waals surface area contributed by atoms with Crippen molar-refractivity contribution in [1.29, 1.82) is 0 Å². The molecule has 2 aromatic heterocycles. The van der Waals surface area contributed by atoms with Crippen molar-refractivity contribution in [3.63, 3.8) is 0 Å². The highest BCUT2D eigenvalue weighted by Gasteiger charge is 2.27. The quantitative estimate of drug-likeness (QED) is 0.240. The van der Waals surface area contributed by atoms with E-state index in [4.69, 9.17) is 23.2 Å². The number of halogens is 2. The number of aryl methyl sites for hydroxylation is 1. The number of amides is 1. The number of nitrogens with zero attached hydrogens (tertiary/aromatic N) is 4. The molecule has 2 heterocycles. The molecule has 0 aliphatic heterocycles. The first kappa shape index (κ1) is 26.4. The molecule has 4 rings (SSSR count). The predicted molar refractivity (Wildman–Crippen MR) is 146 cm³/mol. The first-order valence-corrected chi connectivity index (χ1v) is 13.3. The minimum absolute atomic E-state index is 0.0577. The Balaban J connectivity index is 1.54. The molecule has 37 heavy (non-hydrogen) atoms. The molecule has 0 saturated heterocycles. The van der Waals surface area contributed by atoms with Gasteiger partial charge >= 0.3 is 0 Å². The largest absolute Gasteiger partial charge is 0.316 e. The maximum Gasteiger partial charge on any atom is 0.264 e. The second-order valence-corrected chi connectivity index (χ2v) is 10.7. The van der Waals surface area contributed by atoms with E-state index in [1.165, 1.54) is 30.7 Å². The molecule has 0 unspecified atom stereocenters. The molecule has 0 aliphatic carbocycles. The molecule has 1 N–H and O–H groups in total. The number of hydrogen-bond donors (Lipinski definition) is 1. The summed E-state index contributed by atoms with van der Waals surface area (Å²) in [7, 11) is -4.02. The van der Waals surface area contributed by atoms with E-state index in [0.29, 0.717) is 10.0 Å². The monoisotopic (exact) mass is 555 g/mol. The molecule has 0 radical (unpaired) electrons. The fourth-order valence-electron chi connectivity index (χ4n) is 3.83. The normalized spacial score (nSPS) is 11.6. The van der Waals surface area contributed by atoms with Crippen molar-refractivity contribution in [1.82, 2.24) is 15.0 Å². The van der Waals surface area contributed by atoms with Crippen molar-refractivity contribution in [2.45, 2.75) is 18.7 Å². The molecule has 1 amide bonds. The van der Waals surface area contributed by atoms with E-state index in [0.717, 1.165) is 26.9 Å². The van der Waals surface area contributed by atoms with Gasteiger partial charge < -0.3 is 4.57 Å². The average Bonchev–Trinajstić information content (AvgIpc) is 3.17. The molecule has 0 spiro atoms. The number of nitrogens with one attached hydrogen (secondary N) is 1. The zero-order valence-corrected chi connectivity index (χ0v) is 22.3. The van der Waals surface area contributed by atoms with Gasteiger partial charge in [0.05, 0.1) is 38.7 Å². The van der Waals surface area contributed by atoms with Crippen LogP contribution in [-0.4, -0.2) is 36.6 Å². The number of hydrazone groups is 1. The maximum atomic E-state index is 13.3. The Morgan fingerprint density at radius 2 is 1.84 bits per heavy atom. The van der Waals surface area contributed by atoms with Gasteiger partial charge in [-0.05, 0) is 56.3 Å². The minimum Gasteiger partial charge on any atom is -0.316 e. The van der Waals surface area contributed by atoms with Gasteiger partial charge in [0.1, 0.15) is 6.54 Å². The summed E-state index contributed by atoms with van der Waals surface area (Å²) in [5.74, 6) is -0.619. The third kappa shape index (κ3) is 5.69. The summed E-state index contributed by atoms with van der Waals surface area (Å²) >= 11 is 12.6. The maximum absolute atomic E-state index is 13.3. The summed E-state index contributed by atoms with van der Waals surface area (Å²) in [6.07, 6.45) is 4.40. The number of pyridine rings is 1. The number of benzene rings is 2. The number of hydrogen-bond acceptors (Lipinski definition) is 5. The zero-order chi connectivity index (χ0) is 26.6. The van der Waals surface area contributed by atoms with Gasteiger partial charge in [0.15, 0.2) is 0 Å². The Labute approximate surface area is 225 Å². The van der Waals surface area contributed by atoms with E-state index < -0.39 is 22.5 Å². The van der Waals surface area contributed by atoms with Gasteiger partial charge in [0.25, 0.3) is 15.9 Å². The number of carbonyl (C=O) groups is 1. The van der Waals surface area contributed by atoms with E-state index in [1.54, 1.807) is 36.4 Å². The van der Waals surface area contributed by atoms with E-state index in [9.17, 15) is 13.2 Å². The number of carbonyl (C=O) groups excluding carboxylic acids is 1. The van der Waals surface area contributed by atoms with E-state index in [-0.39, 0.29) is 10.6 Å². The van der Waals surface area contributed by atoms with Crippen LogP contribution in [0.1, 0.15) is 17.0 Å². The molecule has 2 aromatic carbocycles. The summed E-state index contributed by atoms with van der Waals surface area (Å²) in [4.78, 5) is 16.8. The molecular formula is C26H23Cl2N5O3S. The zero-order valence-electron chi connectivity index (χ0n) is 20.0. The third-order valence-corrected chi connectivity index (χ3v) is 8.18. The van der Waals surface area contributed by atoms with Gasteiger partial charge in [-0.3, -0.25) is 14.1 Å². The Morgan fingerprint density at radius 1 is 1.08 bits per heavy atom. The van der Waals surface area contributed by atoms with E-state index in [1.807, 2.05) is 36.6 Å². The lowest BCUT2D eigenvalue weighted by molar-refractivity contribution is -0.119. The van der Waals surface area contributed by atoms with Crippen LogP contribution in [0.2, 0.25) is 10.0 Å². The summed E-state index contributed by atoms with van der Waals surface area (Å²) in [5, 5.41) is 4.93. The van der Waals surface area contributed by atoms with Crippen molar-refractivity contribution in [2.24, 2.45) is 5.10 Å². The van der Waals surface area contributed by atoms with Gasteiger partial charge in [-0.15, -0.1) is 0 Å². The highest BCUT2D eigenvalue weighted by Crippen LogP contribution is 2.31. The molecule has 11 heteroatoms. The van der Waals surface area contributed by atoms with Crippen LogP contribution in [0.15, 0.2) is 89.1 Å². The van der Waals surface area contributed by atoms with Crippen molar-refractivity contribution in [3.8, 4) is 5.69 Å².